The maximum Gasteiger partial charge on any atom is 0.141 e. The monoisotopic (exact) mass is 297 g/mol. The molecule has 0 unspecified atom stereocenters. The molecule has 1 aromatic rings. The molecule has 3 nitrogen and oxygen atoms in total. The minimum absolute atomic E-state index is 0.0335. The minimum atomic E-state index is -0.0335. The van der Waals surface area contributed by atoms with E-state index >= 15 is 0 Å². The highest BCUT2D eigenvalue weighted by molar-refractivity contribution is 6.33. The SMILES string of the molecule is COc1cc(C2(CN)CCCCC2)c(OC)c(Cl)c1C. The number of ether oxygens (including phenoxy) is 2. The fraction of sp³-hybridized carbons (Fsp3) is 0.625. The highest BCUT2D eigenvalue weighted by Crippen LogP contribution is 2.48. The molecule has 0 atom stereocenters. The van der Waals surface area contributed by atoms with E-state index in [0.717, 1.165) is 35.5 Å². The van der Waals surface area contributed by atoms with Crippen LogP contribution in [0.25, 0.3) is 0 Å². The van der Waals surface area contributed by atoms with Crippen molar-refractivity contribution in [1.29, 1.82) is 0 Å². The largest absolute Gasteiger partial charge is 0.496 e. The van der Waals surface area contributed by atoms with Gasteiger partial charge in [-0.15, -0.1) is 0 Å². The normalized spacial score (nSPS) is 17.9. The van der Waals surface area contributed by atoms with Crippen molar-refractivity contribution in [3.63, 3.8) is 0 Å². The van der Waals surface area contributed by atoms with E-state index in [9.17, 15) is 0 Å². The summed E-state index contributed by atoms with van der Waals surface area (Å²) in [6.07, 6.45) is 5.86. The second-order valence-electron chi connectivity index (χ2n) is 5.64. The molecule has 0 spiro atoms. The van der Waals surface area contributed by atoms with Gasteiger partial charge < -0.3 is 15.2 Å². The van der Waals surface area contributed by atoms with Crippen LogP contribution in [0.3, 0.4) is 0 Å². The summed E-state index contributed by atoms with van der Waals surface area (Å²) in [5.41, 5.74) is 8.12. The predicted octanol–water partition coefficient (Wildman–Crippen LogP) is 3.83. The number of halogens is 1. The number of benzene rings is 1. The van der Waals surface area contributed by atoms with Gasteiger partial charge in [0.2, 0.25) is 0 Å². The highest BCUT2D eigenvalue weighted by atomic mass is 35.5. The van der Waals surface area contributed by atoms with Crippen LogP contribution in [0.1, 0.15) is 43.2 Å². The van der Waals surface area contributed by atoms with Crippen molar-refractivity contribution in [3.05, 3.63) is 22.2 Å². The van der Waals surface area contributed by atoms with Gasteiger partial charge in [-0.2, -0.15) is 0 Å². The standard InChI is InChI=1S/C16H24ClNO2/c1-11-13(19-2)9-12(15(20-3)14(11)17)16(10-18)7-5-4-6-8-16/h9H,4-8,10,18H2,1-3H3. The lowest BCUT2D eigenvalue weighted by atomic mass is 9.69. The van der Waals surface area contributed by atoms with E-state index in [1.165, 1.54) is 19.3 Å². The summed E-state index contributed by atoms with van der Waals surface area (Å²) in [5, 5.41) is 0.639. The molecule has 1 aromatic carbocycles. The molecule has 0 aromatic heterocycles. The molecule has 112 valence electrons. The Labute approximate surface area is 126 Å². The number of nitrogens with two attached hydrogens (primary N) is 1. The molecule has 0 amide bonds. The Morgan fingerprint density at radius 1 is 1.20 bits per heavy atom. The average molecular weight is 298 g/mol. The van der Waals surface area contributed by atoms with Crippen molar-refractivity contribution in [2.45, 2.75) is 44.4 Å². The molecule has 20 heavy (non-hydrogen) atoms. The lowest BCUT2D eigenvalue weighted by molar-refractivity contribution is 0.286. The summed E-state index contributed by atoms with van der Waals surface area (Å²) >= 11 is 6.47. The smallest absolute Gasteiger partial charge is 0.141 e. The first-order valence-electron chi connectivity index (χ1n) is 7.21. The lowest BCUT2D eigenvalue weighted by Gasteiger charge is -2.38. The molecule has 0 aliphatic heterocycles. The molecule has 0 heterocycles. The van der Waals surface area contributed by atoms with Gasteiger partial charge in [-0.1, -0.05) is 30.9 Å². The molecule has 2 N–H and O–H groups in total. The van der Waals surface area contributed by atoms with Crippen molar-refractivity contribution in [3.8, 4) is 11.5 Å². The Bertz CT molecular complexity index is 482. The van der Waals surface area contributed by atoms with Gasteiger partial charge in [-0.05, 0) is 25.8 Å². The van der Waals surface area contributed by atoms with E-state index in [0.29, 0.717) is 11.6 Å². The van der Waals surface area contributed by atoms with Crippen molar-refractivity contribution >= 4 is 11.6 Å². The van der Waals surface area contributed by atoms with Crippen molar-refractivity contribution in [2.24, 2.45) is 5.73 Å². The third-order valence-corrected chi connectivity index (χ3v) is 5.07. The van der Waals surface area contributed by atoms with Crippen LogP contribution in [0.2, 0.25) is 5.02 Å². The van der Waals surface area contributed by atoms with Gasteiger partial charge in [0.25, 0.3) is 0 Å². The Morgan fingerprint density at radius 3 is 2.35 bits per heavy atom. The Kier molecular flexibility index (Phi) is 4.82. The summed E-state index contributed by atoms with van der Waals surface area (Å²) < 4.78 is 11.1. The topological polar surface area (TPSA) is 44.5 Å². The molecule has 0 radical (unpaired) electrons. The van der Waals surface area contributed by atoms with Gasteiger partial charge in [-0.3, -0.25) is 0 Å². The molecule has 0 saturated heterocycles. The fourth-order valence-corrected chi connectivity index (χ4v) is 3.59. The van der Waals surface area contributed by atoms with Crippen LogP contribution in [0.4, 0.5) is 0 Å². The number of hydrogen-bond acceptors (Lipinski definition) is 3. The van der Waals surface area contributed by atoms with Crippen molar-refractivity contribution in [1.82, 2.24) is 0 Å². The van der Waals surface area contributed by atoms with E-state index in [1.807, 2.05) is 6.92 Å². The summed E-state index contributed by atoms with van der Waals surface area (Å²) in [7, 11) is 3.34. The van der Waals surface area contributed by atoms with Crippen LogP contribution in [-0.4, -0.2) is 20.8 Å². The zero-order valence-corrected chi connectivity index (χ0v) is 13.3. The molecule has 0 bridgehead atoms. The summed E-state index contributed by atoms with van der Waals surface area (Å²) in [5.74, 6) is 1.57. The van der Waals surface area contributed by atoms with E-state index in [-0.39, 0.29) is 5.41 Å². The van der Waals surface area contributed by atoms with Crippen LogP contribution in [0, 0.1) is 6.92 Å². The Hall–Kier alpha value is -0.930. The maximum atomic E-state index is 6.47. The van der Waals surface area contributed by atoms with Crippen LogP contribution in [-0.2, 0) is 5.41 Å². The molecular formula is C16H24ClNO2. The number of rotatable bonds is 4. The zero-order valence-electron chi connectivity index (χ0n) is 12.6. The van der Waals surface area contributed by atoms with Gasteiger partial charge in [-0.25, -0.2) is 0 Å². The average Bonchev–Trinajstić information content (AvgIpc) is 2.50. The summed E-state index contributed by atoms with van der Waals surface area (Å²) in [6.45, 7) is 2.56. The quantitative estimate of drug-likeness (QED) is 0.918. The number of hydrogen-bond donors (Lipinski definition) is 1. The molecule has 1 fully saturated rings. The van der Waals surface area contributed by atoms with Gasteiger partial charge in [0.1, 0.15) is 11.5 Å². The predicted molar refractivity (Wildman–Crippen MR) is 83.1 cm³/mol. The zero-order chi connectivity index (χ0) is 14.8. The van der Waals surface area contributed by atoms with Crippen LogP contribution >= 0.6 is 11.6 Å². The van der Waals surface area contributed by atoms with Gasteiger partial charge in [0.15, 0.2) is 0 Å². The Balaban J connectivity index is 2.61. The lowest BCUT2D eigenvalue weighted by Crippen LogP contribution is -2.37. The van der Waals surface area contributed by atoms with Gasteiger partial charge in [0, 0.05) is 23.1 Å². The maximum absolute atomic E-state index is 6.47. The molecule has 2 rings (SSSR count). The third kappa shape index (κ3) is 2.49. The van der Waals surface area contributed by atoms with E-state index in [2.05, 4.69) is 6.07 Å². The molecule has 1 saturated carbocycles. The van der Waals surface area contributed by atoms with Gasteiger partial charge >= 0.3 is 0 Å². The van der Waals surface area contributed by atoms with E-state index in [1.54, 1.807) is 14.2 Å². The molecular weight excluding hydrogens is 274 g/mol. The van der Waals surface area contributed by atoms with Crippen LogP contribution in [0.15, 0.2) is 6.07 Å². The van der Waals surface area contributed by atoms with E-state index in [4.69, 9.17) is 26.8 Å². The molecule has 1 aliphatic rings. The number of methoxy groups -OCH3 is 2. The summed E-state index contributed by atoms with van der Waals surface area (Å²) in [4.78, 5) is 0. The summed E-state index contributed by atoms with van der Waals surface area (Å²) in [6, 6.07) is 2.07. The first kappa shape index (κ1) is 15.5. The first-order valence-corrected chi connectivity index (χ1v) is 7.59. The molecule has 1 aliphatic carbocycles. The van der Waals surface area contributed by atoms with Crippen molar-refractivity contribution in [2.75, 3.05) is 20.8 Å². The van der Waals surface area contributed by atoms with Crippen molar-refractivity contribution < 1.29 is 9.47 Å². The van der Waals surface area contributed by atoms with Crippen LogP contribution in [0.5, 0.6) is 11.5 Å². The first-order chi connectivity index (χ1) is 9.59. The molecule has 4 heteroatoms. The van der Waals surface area contributed by atoms with Crippen LogP contribution < -0.4 is 15.2 Å². The second kappa shape index (κ2) is 6.23. The Morgan fingerprint density at radius 2 is 1.85 bits per heavy atom. The third-order valence-electron chi connectivity index (χ3n) is 4.62. The minimum Gasteiger partial charge on any atom is -0.496 e. The van der Waals surface area contributed by atoms with Gasteiger partial charge in [0.05, 0.1) is 19.2 Å². The fourth-order valence-electron chi connectivity index (χ4n) is 3.32. The highest BCUT2D eigenvalue weighted by Gasteiger charge is 2.36. The second-order valence-corrected chi connectivity index (χ2v) is 6.02. The van der Waals surface area contributed by atoms with E-state index < -0.39 is 0 Å².